The van der Waals surface area contributed by atoms with Crippen molar-refractivity contribution < 1.29 is 13.7 Å². The van der Waals surface area contributed by atoms with Crippen molar-refractivity contribution in [3.8, 4) is 11.5 Å². The summed E-state index contributed by atoms with van der Waals surface area (Å²) >= 11 is 0. The van der Waals surface area contributed by atoms with Crippen molar-refractivity contribution >= 4 is 10.8 Å². The highest BCUT2D eigenvalue weighted by Gasteiger charge is 2.16. The number of fused-ring (bicyclic) bond motifs is 1. The second-order valence-corrected chi connectivity index (χ2v) is 8.03. The monoisotopic (exact) mass is 380 g/mol. The molecule has 1 heterocycles. The van der Waals surface area contributed by atoms with Crippen molar-refractivity contribution in [2.75, 3.05) is 12.5 Å². The van der Waals surface area contributed by atoms with Crippen LogP contribution < -0.4 is 9.47 Å². The zero-order chi connectivity index (χ0) is 19.8. The van der Waals surface area contributed by atoms with Crippen LogP contribution in [0.1, 0.15) is 57.9 Å². The van der Waals surface area contributed by atoms with E-state index in [0.29, 0.717) is 6.79 Å². The van der Waals surface area contributed by atoms with Crippen LogP contribution in [-0.4, -0.2) is 22.0 Å². The van der Waals surface area contributed by atoms with Crippen molar-refractivity contribution in [3.63, 3.8) is 0 Å². The van der Waals surface area contributed by atoms with Gasteiger partial charge in [-0.25, -0.2) is 0 Å². The lowest BCUT2D eigenvalue weighted by Crippen LogP contribution is -2.16. The molecule has 3 nitrogen and oxygen atoms in total. The Bertz CT molecular complexity index is 514. The number of unbranched alkanes of at least 4 members (excludes halogenated alkanes) is 5. The first-order valence-electron chi connectivity index (χ1n) is 9.46. The third-order valence-corrected chi connectivity index (χ3v) is 5.86. The van der Waals surface area contributed by atoms with Crippen molar-refractivity contribution in [2.45, 2.75) is 64.0 Å². The standard InChI is InChI=1S/C18H28O3S.2C2H4/c1-3-4-5-6-7-8-11-22(19)15(2)12-16-9-10-17-18(13-16)21-14-20-17;2*1-2/h9-10,13,15H,3-8,11-12,14H2,1-2H3;2*1-2H2. The normalized spacial score (nSPS) is 13.6. The number of rotatable bonds is 10. The van der Waals surface area contributed by atoms with Gasteiger partial charge in [-0.05, 0) is 30.5 Å². The third-order valence-electron chi connectivity index (χ3n) is 4.11. The molecule has 0 spiro atoms. The Hall–Kier alpha value is -1.55. The van der Waals surface area contributed by atoms with Gasteiger partial charge in [-0.15, -0.1) is 26.3 Å². The van der Waals surface area contributed by atoms with Crippen LogP contribution in [0.2, 0.25) is 0 Å². The lowest BCUT2D eigenvalue weighted by molar-refractivity contribution is 0.174. The van der Waals surface area contributed by atoms with Crippen molar-refractivity contribution in [1.29, 1.82) is 0 Å². The van der Waals surface area contributed by atoms with Gasteiger partial charge in [-0.3, -0.25) is 4.21 Å². The van der Waals surface area contributed by atoms with Crippen molar-refractivity contribution in [3.05, 3.63) is 50.1 Å². The van der Waals surface area contributed by atoms with Gasteiger partial charge in [0.05, 0.1) is 0 Å². The van der Waals surface area contributed by atoms with Crippen LogP contribution in [0.4, 0.5) is 0 Å². The molecule has 1 aliphatic heterocycles. The van der Waals surface area contributed by atoms with Gasteiger partial charge in [-0.1, -0.05) is 52.0 Å². The van der Waals surface area contributed by atoms with Crippen LogP contribution in [0.5, 0.6) is 11.5 Å². The molecule has 0 bridgehead atoms. The van der Waals surface area contributed by atoms with Gasteiger partial charge in [0, 0.05) is 21.8 Å². The summed E-state index contributed by atoms with van der Waals surface area (Å²) in [5, 5.41) is 0.191. The van der Waals surface area contributed by atoms with Crippen LogP contribution in [0.15, 0.2) is 44.5 Å². The zero-order valence-electron chi connectivity index (χ0n) is 16.6. The van der Waals surface area contributed by atoms with E-state index in [1.165, 1.54) is 37.7 Å². The summed E-state index contributed by atoms with van der Waals surface area (Å²) in [6.07, 6.45) is 8.32. The Labute approximate surface area is 162 Å². The Balaban J connectivity index is 0.00000146. The summed E-state index contributed by atoms with van der Waals surface area (Å²) < 4.78 is 23.0. The molecule has 2 atom stereocenters. The molecule has 0 aliphatic carbocycles. The fraction of sp³-hybridized carbons (Fsp3) is 0.545. The summed E-state index contributed by atoms with van der Waals surface area (Å²) in [6.45, 7) is 16.6. The van der Waals surface area contributed by atoms with Gasteiger partial charge in [0.25, 0.3) is 0 Å². The summed E-state index contributed by atoms with van der Waals surface area (Å²) in [7, 11) is -0.743. The van der Waals surface area contributed by atoms with Crippen LogP contribution in [-0.2, 0) is 17.2 Å². The fourth-order valence-corrected chi connectivity index (χ4v) is 3.99. The highest BCUT2D eigenvalue weighted by Crippen LogP contribution is 2.33. The van der Waals surface area contributed by atoms with Crippen LogP contribution >= 0.6 is 0 Å². The topological polar surface area (TPSA) is 35.5 Å². The second-order valence-electron chi connectivity index (χ2n) is 6.05. The van der Waals surface area contributed by atoms with E-state index in [1.807, 2.05) is 18.2 Å². The first-order valence-corrected chi connectivity index (χ1v) is 10.8. The van der Waals surface area contributed by atoms with E-state index in [-0.39, 0.29) is 5.25 Å². The molecule has 148 valence electrons. The molecule has 1 aromatic rings. The molecule has 26 heavy (non-hydrogen) atoms. The number of benzene rings is 1. The quantitative estimate of drug-likeness (QED) is 0.365. The Morgan fingerprint density at radius 3 is 2.31 bits per heavy atom. The molecule has 2 unspecified atom stereocenters. The predicted octanol–water partition coefficient (Wildman–Crippen LogP) is 6.06. The van der Waals surface area contributed by atoms with Crippen molar-refractivity contribution in [1.82, 2.24) is 0 Å². The minimum Gasteiger partial charge on any atom is -0.454 e. The molecule has 1 aromatic carbocycles. The lowest BCUT2D eigenvalue weighted by Gasteiger charge is -2.12. The molecule has 0 N–H and O–H groups in total. The molecule has 0 radical (unpaired) electrons. The van der Waals surface area contributed by atoms with E-state index in [9.17, 15) is 4.21 Å². The molecule has 1 aliphatic rings. The van der Waals surface area contributed by atoms with Crippen LogP contribution in [0.25, 0.3) is 0 Å². The van der Waals surface area contributed by atoms with E-state index in [2.05, 4.69) is 40.2 Å². The van der Waals surface area contributed by atoms with Gasteiger partial charge < -0.3 is 9.47 Å². The summed E-state index contributed by atoms with van der Waals surface area (Å²) in [5.74, 6) is 2.45. The van der Waals surface area contributed by atoms with Gasteiger partial charge >= 0.3 is 0 Å². The minimum atomic E-state index is -0.743. The highest BCUT2D eigenvalue weighted by atomic mass is 32.2. The third kappa shape index (κ3) is 9.23. The second kappa shape index (κ2) is 15.7. The molecular weight excluding hydrogens is 344 g/mol. The molecule has 0 saturated carbocycles. The number of hydrogen-bond donors (Lipinski definition) is 0. The minimum absolute atomic E-state index is 0.191. The Morgan fingerprint density at radius 2 is 1.62 bits per heavy atom. The molecule has 2 rings (SSSR count). The molecule has 0 fully saturated rings. The Morgan fingerprint density at radius 1 is 1.00 bits per heavy atom. The van der Waals surface area contributed by atoms with Gasteiger partial charge in [0.15, 0.2) is 11.5 Å². The van der Waals surface area contributed by atoms with Gasteiger partial charge in [0.1, 0.15) is 0 Å². The molecule has 0 amide bonds. The zero-order valence-corrected chi connectivity index (χ0v) is 17.5. The smallest absolute Gasteiger partial charge is 0.231 e. The maximum Gasteiger partial charge on any atom is 0.231 e. The first-order chi connectivity index (χ1) is 12.7. The van der Waals surface area contributed by atoms with Gasteiger partial charge in [0.2, 0.25) is 6.79 Å². The molecule has 0 saturated heterocycles. The van der Waals surface area contributed by atoms with Crippen LogP contribution in [0.3, 0.4) is 0 Å². The SMILES string of the molecule is C=C.C=C.CCCCCCCCS(=O)C(C)Cc1ccc2c(c1)OCO2. The van der Waals surface area contributed by atoms with Gasteiger partial charge in [-0.2, -0.15) is 0 Å². The Kier molecular flexibility index (Phi) is 14.8. The van der Waals surface area contributed by atoms with E-state index >= 15 is 0 Å². The summed E-state index contributed by atoms with van der Waals surface area (Å²) in [5.41, 5.74) is 1.17. The average Bonchev–Trinajstić information content (AvgIpc) is 3.15. The van der Waals surface area contributed by atoms with Crippen LogP contribution in [0, 0.1) is 0 Å². The first kappa shape index (κ1) is 24.5. The van der Waals surface area contributed by atoms with E-state index < -0.39 is 10.8 Å². The largest absolute Gasteiger partial charge is 0.454 e. The average molecular weight is 381 g/mol. The molecule has 4 heteroatoms. The summed E-state index contributed by atoms with van der Waals surface area (Å²) in [4.78, 5) is 0. The number of ether oxygens (including phenoxy) is 2. The molecule has 0 aromatic heterocycles. The lowest BCUT2D eigenvalue weighted by atomic mass is 10.1. The predicted molar refractivity (Wildman–Crippen MR) is 115 cm³/mol. The maximum atomic E-state index is 12.3. The van der Waals surface area contributed by atoms with E-state index in [1.54, 1.807) is 0 Å². The van der Waals surface area contributed by atoms with Crippen molar-refractivity contribution in [2.24, 2.45) is 0 Å². The molecular formula is C22H36O3S. The highest BCUT2D eigenvalue weighted by molar-refractivity contribution is 7.85. The maximum absolute atomic E-state index is 12.3. The number of hydrogen-bond acceptors (Lipinski definition) is 3. The summed E-state index contributed by atoms with van der Waals surface area (Å²) in [6, 6.07) is 6.01. The van der Waals surface area contributed by atoms with E-state index in [4.69, 9.17) is 9.47 Å². The van der Waals surface area contributed by atoms with E-state index in [0.717, 1.165) is 30.1 Å². The fourth-order valence-electron chi connectivity index (χ4n) is 2.72.